The quantitative estimate of drug-likeness (QED) is 0.437. The molecular formula is C20H21BrFN2O5P. The smallest absolute Gasteiger partial charge is 0.303 e. The summed E-state index contributed by atoms with van der Waals surface area (Å²) in [7, 11) is -4.59. The highest BCUT2D eigenvalue weighted by Crippen LogP contribution is 2.44. The number of phosphoric ester groups is 1. The molecule has 0 radical (unpaired) electrons. The van der Waals surface area contributed by atoms with Crippen molar-refractivity contribution in [1.82, 2.24) is 5.01 Å². The van der Waals surface area contributed by atoms with Gasteiger partial charge in [-0.25, -0.2) is 14.0 Å². The Morgan fingerprint density at radius 2 is 2.00 bits per heavy atom. The summed E-state index contributed by atoms with van der Waals surface area (Å²) in [5, 5.41) is 5.81. The van der Waals surface area contributed by atoms with Gasteiger partial charge in [-0.15, -0.1) is 0 Å². The van der Waals surface area contributed by atoms with Crippen LogP contribution in [0.15, 0.2) is 58.1 Å². The Bertz CT molecular complexity index is 1010. The van der Waals surface area contributed by atoms with Crippen LogP contribution in [0.3, 0.4) is 0 Å². The van der Waals surface area contributed by atoms with Crippen LogP contribution in [0.1, 0.15) is 37.3 Å². The fraction of sp³-hybridized carbons (Fsp3) is 0.300. The summed E-state index contributed by atoms with van der Waals surface area (Å²) < 4.78 is 30.8. The maximum Gasteiger partial charge on any atom is 0.469 e. The Hall–Kier alpha value is -1.90. The van der Waals surface area contributed by atoms with Gasteiger partial charge in [0.2, 0.25) is 5.91 Å². The van der Waals surface area contributed by atoms with Crippen LogP contribution in [0.2, 0.25) is 0 Å². The lowest BCUT2D eigenvalue weighted by Crippen LogP contribution is -2.43. The largest absolute Gasteiger partial charge is 0.469 e. The van der Waals surface area contributed by atoms with E-state index in [-0.39, 0.29) is 25.4 Å². The van der Waals surface area contributed by atoms with Crippen LogP contribution in [0.4, 0.5) is 4.39 Å². The third kappa shape index (κ3) is 5.04. The zero-order chi connectivity index (χ0) is 21.9. The van der Waals surface area contributed by atoms with E-state index in [1.165, 1.54) is 18.0 Å². The molecule has 1 aliphatic heterocycles. The summed E-state index contributed by atoms with van der Waals surface area (Å²) in [6.45, 7) is 1.19. The minimum absolute atomic E-state index is 0.189. The molecule has 0 aliphatic carbocycles. The normalized spacial score (nSPS) is 19.1. The first-order valence-electron chi connectivity index (χ1n) is 9.22. The second-order valence-corrected chi connectivity index (χ2v) is 9.16. The average molecular weight is 499 g/mol. The predicted octanol–water partition coefficient (Wildman–Crippen LogP) is 4.33. The van der Waals surface area contributed by atoms with Gasteiger partial charge in [0.1, 0.15) is 5.82 Å². The van der Waals surface area contributed by atoms with Gasteiger partial charge >= 0.3 is 7.82 Å². The summed E-state index contributed by atoms with van der Waals surface area (Å²) >= 11 is 3.34. The molecule has 7 nitrogen and oxygen atoms in total. The molecule has 1 amide bonds. The minimum Gasteiger partial charge on any atom is -0.303 e. The molecule has 0 unspecified atom stereocenters. The predicted molar refractivity (Wildman–Crippen MR) is 113 cm³/mol. The molecule has 160 valence electrons. The van der Waals surface area contributed by atoms with E-state index in [2.05, 4.69) is 25.6 Å². The molecular weight excluding hydrogens is 478 g/mol. The summed E-state index contributed by atoms with van der Waals surface area (Å²) in [6.07, 6.45) is 0.826. The van der Waals surface area contributed by atoms with Crippen molar-refractivity contribution in [3.63, 3.8) is 0 Å². The van der Waals surface area contributed by atoms with Crippen molar-refractivity contribution in [3.05, 3.63) is 69.9 Å². The van der Waals surface area contributed by atoms with Crippen LogP contribution < -0.4 is 0 Å². The Labute approximate surface area is 181 Å². The highest BCUT2D eigenvalue weighted by molar-refractivity contribution is 9.10. The average Bonchev–Trinajstić information content (AvgIpc) is 3.08. The van der Waals surface area contributed by atoms with Crippen molar-refractivity contribution < 1.29 is 28.1 Å². The first kappa shape index (κ1) is 22.8. The SMILES string of the molecule is CC(=O)N1N=C(c2cc(Br)ccc2F)C[C@@]1(CCCOP(=O)(O)O)c1ccccc1. The van der Waals surface area contributed by atoms with Crippen molar-refractivity contribution in [2.45, 2.75) is 31.7 Å². The number of benzene rings is 2. The topological polar surface area (TPSA) is 99.4 Å². The highest BCUT2D eigenvalue weighted by Gasteiger charge is 2.46. The molecule has 0 bridgehead atoms. The van der Waals surface area contributed by atoms with Gasteiger partial charge in [0.15, 0.2) is 0 Å². The van der Waals surface area contributed by atoms with Crippen molar-refractivity contribution in [3.8, 4) is 0 Å². The summed E-state index contributed by atoms with van der Waals surface area (Å²) in [4.78, 5) is 30.4. The van der Waals surface area contributed by atoms with Crippen molar-refractivity contribution >= 4 is 35.4 Å². The van der Waals surface area contributed by atoms with Gasteiger partial charge in [-0.3, -0.25) is 9.32 Å². The van der Waals surface area contributed by atoms with Crippen LogP contribution in [-0.4, -0.2) is 33.0 Å². The van der Waals surface area contributed by atoms with Crippen LogP contribution in [0, 0.1) is 5.82 Å². The number of phosphoric acid groups is 1. The Balaban J connectivity index is 1.99. The van der Waals surface area contributed by atoms with Gasteiger partial charge in [-0.05, 0) is 36.6 Å². The molecule has 0 saturated heterocycles. The Morgan fingerprint density at radius 3 is 2.63 bits per heavy atom. The molecule has 10 heteroatoms. The van der Waals surface area contributed by atoms with Gasteiger partial charge in [-0.2, -0.15) is 5.10 Å². The molecule has 3 rings (SSSR count). The fourth-order valence-electron chi connectivity index (χ4n) is 3.70. The fourth-order valence-corrected chi connectivity index (χ4v) is 4.43. The van der Waals surface area contributed by atoms with E-state index < -0.39 is 19.2 Å². The molecule has 30 heavy (non-hydrogen) atoms. The molecule has 0 fully saturated rings. The standard InChI is InChI=1S/C20H21BrFN2O5P/c1-14(25)24-20(15-6-3-2-4-7-15,10-5-11-29-30(26,27)28)13-19(23-24)17-12-16(21)8-9-18(17)22/h2-4,6-9,12H,5,10-11,13H2,1H3,(H2,26,27,28)/t20-/m0/s1. The number of hydrogen-bond donors (Lipinski definition) is 2. The Morgan fingerprint density at radius 1 is 1.30 bits per heavy atom. The molecule has 2 aromatic carbocycles. The van der Waals surface area contributed by atoms with E-state index in [1.807, 2.05) is 30.3 Å². The monoisotopic (exact) mass is 498 g/mol. The van der Waals surface area contributed by atoms with Gasteiger partial charge in [0.25, 0.3) is 0 Å². The zero-order valence-electron chi connectivity index (χ0n) is 16.2. The lowest BCUT2D eigenvalue weighted by Gasteiger charge is -2.36. The molecule has 2 N–H and O–H groups in total. The first-order chi connectivity index (χ1) is 14.1. The summed E-state index contributed by atoms with van der Waals surface area (Å²) in [6, 6.07) is 13.8. The summed E-state index contributed by atoms with van der Waals surface area (Å²) in [5.41, 5.74) is 0.587. The van der Waals surface area contributed by atoms with E-state index in [1.54, 1.807) is 12.1 Å². The number of nitrogens with zero attached hydrogens (tertiary/aromatic N) is 2. The van der Waals surface area contributed by atoms with E-state index in [0.717, 1.165) is 5.56 Å². The van der Waals surface area contributed by atoms with Crippen LogP contribution in [0.25, 0.3) is 0 Å². The van der Waals surface area contributed by atoms with E-state index in [9.17, 15) is 13.8 Å². The number of amides is 1. The second-order valence-electron chi connectivity index (χ2n) is 7.00. The molecule has 0 spiro atoms. The molecule has 0 aromatic heterocycles. The molecule has 2 aromatic rings. The van der Waals surface area contributed by atoms with Gasteiger partial charge in [-0.1, -0.05) is 46.3 Å². The van der Waals surface area contributed by atoms with E-state index >= 15 is 0 Å². The van der Waals surface area contributed by atoms with Crippen LogP contribution in [-0.2, 0) is 19.4 Å². The number of rotatable bonds is 7. The Kier molecular flexibility index (Phi) is 6.89. The van der Waals surface area contributed by atoms with Crippen molar-refractivity contribution in [1.29, 1.82) is 0 Å². The molecule has 1 heterocycles. The van der Waals surface area contributed by atoms with Gasteiger partial charge < -0.3 is 9.79 Å². The number of carbonyl (C=O) groups excluding carboxylic acids is 1. The van der Waals surface area contributed by atoms with Crippen molar-refractivity contribution in [2.75, 3.05) is 6.61 Å². The third-order valence-electron chi connectivity index (χ3n) is 4.93. The number of halogens is 2. The maximum atomic E-state index is 14.5. The highest BCUT2D eigenvalue weighted by atomic mass is 79.9. The van der Waals surface area contributed by atoms with E-state index in [4.69, 9.17) is 9.79 Å². The first-order valence-corrected chi connectivity index (χ1v) is 11.5. The molecule has 1 aliphatic rings. The molecule has 0 saturated carbocycles. The summed E-state index contributed by atoms with van der Waals surface area (Å²) in [5.74, 6) is -0.769. The van der Waals surface area contributed by atoms with E-state index in [0.29, 0.717) is 22.2 Å². The second kappa shape index (κ2) is 9.08. The van der Waals surface area contributed by atoms with Crippen molar-refractivity contribution in [2.24, 2.45) is 5.10 Å². The zero-order valence-corrected chi connectivity index (χ0v) is 18.6. The minimum atomic E-state index is -4.59. The lowest BCUT2D eigenvalue weighted by molar-refractivity contribution is -0.135. The van der Waals surface area contributed by atoms with Gasteiger partial charge in [0.05, 0.1) is 17.9 Å². The third-order valence-corrected chi connectivity index (χ3v) is 5.94. The van der Waals surface area contributed by atoms with Crippen LogP contribution in [0.5, 0.6) is 0 Å². The molecule has 1 atom stereocenters. The number of hydrazone groups is 1. The number of hydrogen-bond acceptors (Lipinski definition) is 4. The number of carbonyl (C=O) groups is 1. The van der Waals surface area contributed by atoms with Crippen LogP contribution >= 0.6 is 23.8 Å². The van der Waals surface area contributed by atoms with Gasteiger partial charge in [0, 0.05) is 23.4 Å². The maximum absolute atomic E-state index is 14.5. The lowest BCUT2D eigenvalue weighted by atomic mass is 9.80.